The predicted molar refractivity (Wildman–Crippen MR) is 123 cm³/mol. The van der Waals surface area contributed by atoms with Gasteiger partial charge in [0.1, 0.15) is 0 Å². The number of para-hydroxylation sites is 1. The Balaban J connectivity index is 2.10. The average molecular weight is 438 g/mol. The van der Waals surface area contributed by atoms with Gasteiger partial charge in [0.2, 0.25) is 5.91 Å². The van der Waals surface area contributed by atoms with Gasteiger partial charge < -0.3 is 19.1 Å². The van der Waals surface area contributed by atoms with Crippen LogP contribution in [-0.4, -0.2) is 37.1 Å². The van der Waals surface area contributed by atoms with Gasteiger partial charge in [-0.2, -0.15) is 0 Å². The average Bonchev–Trinajstić information content (AvgIpc) is 2.76. The molecule has 2 aromatic rings. The standard InChI is InChI=1S/C26H31NO5/c1-16(2)32-26(29)24-18(4)27(15-19-12-10-17(3)11-13-19)23(28)14-21(24)20-8-7-9-22(30-5)25(20)31-6/h7-13,16,21H,14-15H2,1-6H3. The molecule has 2 aromatic carbocycles. The van der Waals surface area contributed by atoms with E-state index in [0.29, 0.717) is 29.3 Å². The van der Waals surface area contributed by atoms with Crippen LogP contribution in [0.25, 0.3) is 0 Å². The van der Waals surface area contributed by atoms with Crippen molar-refractivity contribution in [3.05, 3.63) is 70.4 Å². The van der Waals surface area contributed by atoms with Crippen LogP contribution in [0.3, 0.4) is 0 Å². The van der Waals surface area contributed by atoms with E-state index in [9.17, 15) is 9.59 Å². The second-order valence-electron chi connectivity index (χ2n) is 8.26. The minimum Gasteiger partial charge on any atom is -0.493 e. The minimum atomic E-state index is -0.493. The highest BCUT2D eigenvalue weighted by Crippen LogP contribution is 2.44. The van der Waals surface area contributed by atoms with Gasteiger partial charge in [0.05, 0.1) is 32.4 Å². The van der Waals surface area contributed by atoms with Gasteiger partial charge in [0, 0.05) is 23.6 Å². The van der Waals surface area contributed by atoms with E-state index in [1.165, 1.54) is 0 Å². The van der Waals surface area contributed by atoms with Gasteiger partial charge in [0.15, 0.2) is 11.5 Å². The lowest BCUT2D eigenvalue weighted by molar-refractivity contribution is -0.143. The van der Waals surface area contributed by atoms with Crippen LogP contribution in [0.15, 0.2) is 53.7 Å². The van der Waals surface area contributed by atoms with Gasteiger partial charge in [-0.15, -0.1) is 0 Å². The number of nitrogens with zero attached hydrogens (tertiary/aromatic N) is 1. The summed E-state index contributed by atoms with van der Waals surface area (Å²) in [5, 5.41) is 0. The summed E-state index contributed by atoms with van der Waals surface area (Å²) in [6, 6.07) is 13.5. The molecule has 170 valence electrons. The summed E-state index contributed by atoms with van der Waals surface area (Å²) in [6.45, 7) is 7.85. The van der Waals surface area contributed by atoms with E-state index in [2.05, 4.69) is 0 Å². The lowest BCUT2D eigenvalue weighted by atomic mass is 9.83. The summed E-state index contributed by atoms with van der Waals surface area (Å²) in [6.07, 6.45) is -0.145. The minimum absolute atomic E-state index is 0.0564. The first-order valence-electron chi connectivity index (χ1n) is 10.7. The maximum absolute atomic E-state index is 13.3. The first-order valence-corrected chi connectivity index (χ1v) is 10.7. The topological polar surface area (TPSA) is 65.1 Å². The van der Waals surface area contributed by atoms with E-state index in [-0.39, 0.29) is 18.4 Å². The molecule has 32 heavy (non-hydrogen) atoms. The SMILES string of the molecule is COc1cccc(C2CC(=O)N(Cc3ccc(C)cc3)C(C)=C2C(=O)OC(C)C)c1OC. The van der Waals surface area contributed by atoms with Crippen molar-refractivity contribution in [1.29, 1.82) is 0 Å². The molecule has 1 amide bonds. The van der Waals surface area contributed by atoms with Crippen LogP contribution < -0.4 is 9.47 Å². The summed E-state index contributed by atoms with van der Waals surface area (Å²) in [5.41, 5.74) is 3.94. The number of hydrogen-bond donors (Lipinski definition) is 0. The highest BCUT2D eigenvalue weighted by atomic mass is 16.5. The van der Waals surface area contributed by atoms with Crippen LogP contribution >= 0.6 is 0 Å². The lowest BCUT2D eigenvalue weighted by Crippen LogP contribution is -2.38. The smallest absolute Gasteiger partial charge is 0.336 e. The molecule has 1 aliphatic heterocycles. The van der Waals surface area contributed by atoms with Crippen molar-refractivity contribution in [2.24, 2.45) is 0 Å². The summed E-state index contributed by atoms with van der Waals surface area (Å²) >= 11 is 0. The fourth-order valence-electron chi connectivity index (χ4n) is 4.07. The molecule has 0 spiro atoms. The van der Waals surface area contributed by atoms with E-state index in [4.69, 9.17) is 14.2 Å². The van der Waals surface area contributed by atoms with Gasteiger partial charge in [0.25, 0.3) is 0 Å². The molecule has 0 N–H and O–H groups in total. The van der Waals surface area contributed by atoms with Crippen molar-refractivity contribution in [2.75, 3.05) is 14.2 Å². The summed E-state index contributed by atoms with van der Waals surface area (Å²) in [5.74, 6) is 0.0945. The zero-order valence-corrected chi connectivity index (χ0v) is 19.6. The third kappa shape index (κ3) is 4.79. The number of esters is 1. The predicted octanol–water partition coefficient (Wildman–Crippen LogP) is 4.75. The number of amides is 1. The number of rotatable bonds is 7. The highest BCUT2D eigenvalue weighted by molar-refractivity contribution is 5.96. The van der Waals surface area contributed by atoms with Crippen molar-refractivity contribution in [2.45, 2.75) is 52.7 Å². The molecule has 3 rings (SSSR count). The molecule has 0 bridgehead atoms. The van der Waals surface area contributed by atoms with Crippen LogP contribution in [-0.2, 0) is 20.9 Å². The van der Waals surface area contributed by atoms with Crippen LogP contribution in [0.2, 0.25) is 0 Å². The Bertz CT molecular complexity index is 1020. The third-order valence-electron chi connectivity index (χ3n) is 5.66. The van der Waals surface area contributed by atoms with Crippen LogP contribution in [0.5, 0.6) is 11.5 Å². The van der Waals surface area contributed by atoms with Crippen molar-refractivity contribution in [1.82, 2.24) is 4.90 Å². The Morgan fingerprint density at radius 1 is 1.06 bits per heavy atom. The van der Waals surface area contributed by atoms with E-state index in [1.807, 2.05) is 64.1 Å². The summed E-state index contributed by atoms with van der Waals surface area (Å²) < 4.78 is 16.6. The Morgan fingerprint density at radius 3 is 2.34 bits per heavy atom. The van der Waals surface area contributed by atoms with Gasteiger partial charge in [-0.25, -0.2) is 4.79 Å². The zero-order valence-electron chi connectivity index (χ0n) is 19.6. The maximum atomic E-state index is 13.3. The number of benzene rings is 2. The highest BCUT2D eigenvalue weighted by Gasteiger charge is 2.38. The molecule has 0 aromatic heterocycles. The van der Waals surface area contributed by atoms with E-state index in [1.54, 1.807) is 25.2 Å². The van der Waals surface area contributed by atoms with Gasteiger partial charge in [-0.1, -0.05) is 42.0 Å². The van der Waals surface area contributed by atoms with Gasteiger partial charge >= 0.3 is 5.97 Å². The molecule has 0 saturated heterocycles. The van der Waals surface area contributed by atoms with Gasteiger partial charge in [-0.05, 0) is 39.3 Å². The van der Waals surface area contributed by atoms with Gasteiger partial charge in [-0.3, -0.25) is 4.79 Å². The third-order valence-corrected chi connectivity index (χ3v) is 5.66. The molecule has 0 radical (unpaired) electrons. The van der Waals surface area contributed by atoms with E-state index < -0.39 is 11.9 Å². The molecule has 1 unspecified atom stereocenters. The first-order chi connectivity index (χ1) is 15.3. The monoisotopic (exact) mass is 437 g/mol. The Kier molecular flexibility index (Phi) is 7.23. The molecule has 1 heterocycles. The zero-order chi connectivity index (χ0) is 23.4. The van der Waals surface area contributed by atoms with Crippen LogP contribution in [0, 0.1) is 6.92 Å². The number of methoxy groups -OCH3 is 2. The normalized spacial score (nSPS) is 16.4. The molecule has 0 aliphatic carbocycles. The van der Waals surface area contributed by atoms with Crippen LogP contribution in [0.1, 0.15) is 49.8 Å². The molecular weight excluding hydrogens is 406 g/mol. The first kappa shape index (κ1) is 23.4. The number of carbonyl (C=O) groups excluding carboxylic acids is 2. The fourth-order valence-corrected chi connectivity index (χ4v) is 4.07. The van der Waals surface area contributed by atoms with E-state index >= 15 is 0 Å². The van der Waals surface area contributed by atoms with Crippen molar-refractivity contribution in [3.8, 4) is 11.5 Å². The number of carbonyl (C=O) groups is 2. The molecule has 1 aliphatic rings. The van der Waals surface area contributed by atoms with Crippen molar-refractivity contribution < 1.29 is 23.8 Å². The Hall–Kier alpha value is -3.28. The largest absolute Gasteiger partial charge is 0.493 e. The molecule has 0 saturated carbocycles. The lowest BCUT2D eigenvalue weighted by Gasteiger charge is -2.35. The number of ether oxygens (including phenoxy) is 3. The fraction of sp³-hybridized carbons (Fsp3) is 0.385. The summed E-state index contributed by atoms with van der Waals surface area (Å²) in [4.78, 5) is 28.2. The quantitative estimate of drug-likeness (QED) is 0.585. The molecule has 6 heteroatoms. The Morgan fingerprint density at radius 2 is 1.75 bits per heavy atom. The van der Waals surface area contributed by atoms with E-state index in [0.717, 1.165) is 16.7 Å². The Labute approximate surface area is 189 Å². The number of aryl methyl sites for hydroxylation is 1. The maximum Gasteiger partial charge on any atom is 0.336 e. The summed E-state index contributed by atoms with van der Waals surface area (Å²) in [7, 11) is 3.12. The van der Waals surface area contributed by atoms with Crippen LogP contribution in [0.4, 0.5) is 0 Å². The second kappa shape index (κ2) is 9.90. The molecule has 0 fully saturated rings. The molecule has 1 atom stereocenters. The molecule has 6 nitrogen and oxygen atoms in total. The van der Waals surface area contributed by atoms with Crippen molar-refractivity contribution >= 4 is 11.9 Å². The second-order valence-corrected chi connectivity index (χ2v) is 8.26. The number of hydrogen-bond acceptors (Lipinski definition) is 5. The molecular formula is C26H31NO5. The van der Waals surface area contributed by atoms with Crippen molar-refractivity contribution in [3.63, 3.8) is 0 Å². The number of allylic oxidation sites excluding steroid dienone is 1.